The summed E-state index contributed by atoms with van der Waals surface area (Å²) in [7, 11) is -3.93. The molecule has 1 aromatic carbocycles. The van der Waals surface area contributed by atoms with Crippen LogP contribution in [0.1, 0.15) is 19.4 Å². The van der Waals surface area contributed by atoms with E-state index in [1.54, 1.807) is 19.9 Å². The number of halogens is 1. The largest absolute Gasteiger partial charge is 0.245 e. The molecule has 0 aliphatic rings. The Kier molecular flexibility index (Phi) is 4.81. The van der Waals surface area contributed by atoms with Gasteiger partial charge in [-0.15, -0.1) is 6.58 Å². The lowest BCUT2D eigenvalue weighted by atomic mass is 10.2. The molecule has 0 aliphatic heterocycles. The molecule has 0 bridgehead atoms. The molecule has 0 spiro atoms. The molecule has 0 amide bonds. The second-order valence-electron chi connectivity index (χ2n) is 4.18. The number of hydrogen-bond donors (Lipinski definition) is 0. The number of benzene rings is 1. The fourth-order valence-electron chi connectivity index (χ4n) is 1.67. The van der Waals surface area contributed by atoms with Gasteiger partial charge in [0, 0.05) is 12.6 Å². The van der Waals surface area contributed by atoms with Crippen molar-refractivity contribution >= 4 is 10.0 Å². The molecule has 0 aromatic heterocycles. The van der Waals surface area contributed by atoms with Crippen LogP contribution in [0.4, 0.5) is 4.39 Å². The highest BCUT2D eigenvalue weighted by Crippen LogP contribution is 2.23. The summed E-state index contributed by atoms with van der Waals surface area (Å²) in [6.45, 7) is 7.01. The standard InChI is InChI=1S/C13H15FN2O2S/c1-4-8-16(10(2)3)19(17,18)13-7-5-6-12(14)11(13)9-15/h4-7,10H,1,8H2,2-3H3. The topological polar surface area (TPSA) is 61.2 Å². The summed E-state index contributed by atoms with van der Waals surface area (Å²) >= 11 is 0. The third kappa shape index (κ3) is 3.00. The third-order valence-corrected chi connectivity index (χ3v) is 4.64. The lowest BCUT2D eigenvalue weighted by Crippen LogP contribution is -2.37. The zero-order valence-corrected chi connectivity index (χ0v) is 11.6. The zero-order valence-electron chi connectivity index (χ0n) is 10.8. The van der Waals surface area contributed by atoms with Crippen LogP contribution in [-0.4, -0.2) is 25.3 Å². The second-order valence-corrected chi connectivity index (χ2v) is 6.04. The quantitative estimate of drug-likeness (QED) is 0.778. The minimum atomic E-state index is -3.93. The molecule has 0 N–H and O–H groups in total. The predicted molar refractivity (Wildman–Crippen MR) is 70.3 cm³/mol. The molecule has 0 heterocycles. The van der Waals surface area contributed by atoms with Crippen LogP contribution in [0.3, 0.4) is 0 Å². The summed E-state index contributed by atoms with van der Waals surface area (Å²) in [6.07, 6.45) is 1.45. The Morgan fingerprint density at radius 2 is 2.16 bits per heavy atom. The van der Waals surface area contributed by atoms with Crippen molar-refractivity contribution in [2.24, 2.45) is 0 Å². The summed E-state index contributed by atoms with van der Waals surface area (Å²) in [5, 5.41) is 8.92. The summed E-state index contributed by atoms with van der Waals surface area (Å²) in [6, 6.07) is 4.84. The van der Waals surface area contributed by atoms with E-state index in [0.717, 1.165) is 10.4 Å². The Balaban J connectivity index is 3.47. The number of nitriles is 1. The van der Waals surface area contributed by atoms with E-state index in [0.29, 0.717) is 0 Å². The van der Waals surface area contributed by atoms with E-state index in [9.17, 15) is 12.8 Å². The van der Waals surface area contributed by atoms with Crippen LogP contribution in [0.15, 0.2) is 35.7 Å². The minimum Gasteiger partial charge on any atom is -0.207 e. The van der Waals surface area contributed by atoms with Gasteiger partial charge in [-0.3, -0.25) is 0 Å². The molecular formula is C13H15FN2O2S. The van der Waals surface area contributed by atoms with Crippen molar-refractivity contribution in [1.82, 2.24) is 4.31 Å². The molecule has 0 atom stereocenters. The molecule has 0 aliphatic carbocycles. The fourth-order valence-corrected chi connectivity index (χ4v) is 3.43. The van der Waals surface area contributed by atoms with Gasteiger partial charge in [0.15, 0.2) is 0 Å². The van der Waals surface area contributed by atoms with E-state index in [1.807, 2.05) is 0 Å². The van der Waals surface area contributed by atoms with Gasteiger partial charge in [-0.1, -0.05) is 12.1 Å². The molecule has 19 heavy (non-hydrogen) atoms. The highest BCUT2D eigenvalue weighted by atomic mass is 32.2. The van der Waals surface area contributed by atoms with Gasteiger partial charge in [-0.2, -0.15) is 9.57 Å². The number of nitrogens with zero attached hydrogens (tertiary/aromatic N) is 2. The van der Waals surface area contributed by atoms with Crippen molar-refractivity contribution in [2.75, 3.05) is 6.54 Å². The van der Waals surface area contributed by atoms with Crippen molar-refractivity contribution in [3.63, 3.8) is 0 Å². The molecule has 0 saturated heterocycles. The van der Waals surface area contributed by atoms with Gasteiger partial charge in [-0.25, -0.2) is 12.8 Å². The van der Waals surface area contributed by atoms with E-state index < -0.39 is 21.4 Å². The molecular weight excluding hydrogens is 267 g/mol. The summed E-state index contributed by atoms with van der Waals surface area (Å²) in [5.74, 6) is -0.842. The maximum atomic E-state index is 13.5. The van der Waals surface area contributed by atoms with Gasteiger partial charge >= 0.3 is 0 Å². The highest BCUT2D eigenvalue weighted by Gasteiger charge is 2.29. The highest BCUT2D eigenvalue weighted by molar-refractivity contribution is 7.89. The molecule has 0 unspecified atom stereocenters. The van der Waals surface area contributed by atoms with Gasteiger partial charge < -0.3 is 0 Å². The van der Waals surface area contributed by atoms with Crippen molar-refractivity contribution in [3.8, 4) is 6.07 Å². The molecule has 0 saturated carbocycles. The Hall–Kier alpha value is -1.71. The van der Waals surface area contributed by atoms with Crippen LogP contribution in [-0.2, 0) is 10.0 Å². The normalized spacial score (nSPS) is 11.6. The molecule has 6 heteroatoms. The van der Waals surface area contributed by atoms with Gasteiger partial charge in [0.05, 0.1) is 0 Å². The fraction of sp³-hybridized carbons (Fsp3) is 0.308. The smallest absolute Gasteiger partial charge is 0.207 e. The average molecular weight is 282 g/mol. The summed E-state index contributed by atoms with van der Waals surface area (Å²) < 4.78 is 39.6. The van der Waals surface area contributed by atoms with E-state index in [4.69, 9.17) is 5.26 Å². The van der Waals surface area contributed by atoms with Gasteiger partial charge in [0.2, 0.25) is 10.0 Å². The maximum Gasteiger partial charge on any atom is 0.245 e. The van der Waals surface area contributed by atoms with E-state index >= 15 is 0 Å². The first-order valence-corrected chi connectivity index (χ1v) is 7.11. The van der Waals surface area contributed by atoms with E-state index in [2.05, 4.69) is 6.58 Å². The van der Waals surface area contributed by atoms with Crippen LogP contribution < -0.4 is 0 Å². The number of sulfonamides is 1. The molecule has 4 nitrogen and oxygen atoms in total. The third-order valence-electron chi connectivity index (χ3n) is 2.56. The molecule has 1 rings (SSSR count). The molecule has 102 valence electrons. The molecule has 1 aromatic rings. The van der Waals surface area contributed by atoms with Crippen LogP contribution in [0.2, 0.25) is 0 Å². The first-order valence-electron chi connectivity index (χ1n) is 5.67. The average Bonchev–Trinajstić information content (AvgIpc) is 2.34. The maximum absolute atomic E-state index is 13.5. The van der Waals surface area contributed by atoms with Gasteiger partial charge in [0.25, 0.3) is 0 Å². The Bertz CT molecular complexity index is 618. The SMILES string of the molecule is C=CCN(C(C)C)S(=O)(=O)c1cccc(F)c1C#N. The Labute approximate surface area is 112 Å². The molecule has 0 radical (unpaired) electrons. The predicted octanol–water partition coefficient (Wildman–Crippen LogP) is 2.28. The number of hydrogen-bond acceptors (Lipinski definition) is 3. The number of rotatable bonds is 5. The van der Waals surface area contributed by atoms with Crippen LogP contribution in [0.25, 0.3) is 0 Å². The monoisotopic (exact) mass is 282 g/mol. The van der Waals surface area contributed by atoms with E-state index in [-0.39, 0.29) is 17.5 Å². The van der Waals surface area contributed by atoms with Crippen molar-refractivity contribution < 1.29 is 12.8 Å². The van der Waals surface area contributed by atoms with Crippen molar-refractivity contribution in [3.05, 3.63) is 42.2 Å². The Morgan fingerprint density at radius 1 is 1.53 bits per heavy atom. The van der Waals surface area contributed by atoms with Gasteiger partial charge in [-0.05, 0) is 26.0 Å². The summed E-state index contributed by atoms with van der Waals surface area (Å²) in [5.41, 5.74) is -0.461. The van der Waals surface area contributed by atoms with Crippen LogP contribution in [0.5, 0.6) is 0 Å². The summed E-state index contributed by atoms with van der Waals surface area (Å²) in [4.78, 5) is -0.314. The second kappa shape index (κ2) is 5.95. The minimum absolute atomic E-state index is 0.0986. The first kappa shape index (κ1) is 15.3. The Morgan fingerprint density at radius 3 is 2.63 bits per heavy atom. The van der Waals surface area contributed by atoms with Gasteiger partial charge in [0.1, 0.15) is 22.3 Å². The lowest BCUT2D eigenvalue weighted by Gasteiger charge is -2.25. The lowest BCUT2D eigenvalue weighted by molar-refractivity contribution is 0.382. The van der Waals surface area contributed by atoms with Crippen molar-refractivity contribution in [2.45, 2.75) is 24.8 Å². The molecule has 0 fully saturated rings. The van der Waals surface area contributed by atoms with E-state index in [1.165, 1.54) is 18.2 Å². The van der Waals surface area contributed by atoms with Crippen LogP contribution in [0, 0.1) is 17.1 Å². The van der Waals surface area contributed by atoms with Crippen LogP contribution >= 0.6 is 0 Å². The van der Waals surface area contributed by atoms with Crippen molar-refractivity contribution in [1.29, 1.82) is 5.26 Å². The zero-order chi connectivity index (χ0) is 14.6. The first-order chi connectivity index (χ1) is 8.86.